The highest BCUT2D eigenvalue weighted by Gasteiger charge is 2.32. The van der Waals surface area contributed by atoms with Crippen LogP contribution in [0.2, 0.25) is 0 Å². The van der Waals surface area contributed by atoms with Crippen LogP contribution in [0.25, 0.3) is 0 Å². The van der Waals surface area contributed by atoms with E-state index in [2.05, 4.69) is 15.9 Å². The maximum Gasteiger partial charge on any atom is 0.243 e. The normalized spacial score (nSPS) is 21.4. The number of hydrogen-bond donors (Lipinski definition) is 0. The van der Waals surface area contributed by atoms with Gasteiger partial charge < -0.3 is 0 Å². The number of benzene rings is 1. The summed E-state index contributed by atoms with van der Waals surface area (Å²) in [5.74, 6) is -0.0493. The first-order chi connectivity index (χ1) is 8.45. The number of halogens is 2. The maximum absolute atomic E-state index is 13.0. The molecular weight excluding hydrogens is 321 g/mol. The molecule has 0 bridgehead atoms. The summed E-state index contributed by atoms with van der Waals surface area (Å²) in [4.78, 5) is 0.208. The lowest BCUT2D eigenvalue weighted by Crippen LogP contribution is -2.29. The molecular formula is C12H15BrFNO2S. The van der Waals surface area contributed by atoms with Crippen LogP contribution in [0.15, 0.2) is 23.1 Å². The van der Waals surface area contributed by atoms with Crippen molar-refractivity contribution >= 4 is 26.0 Å². The van der Waals surface area contributed by atoms with E-state index in [0.29, 0.717) is 24.6 Å². The minimum absolute atomic E-state index is 0.208. The Bertz CT molecular complexity index is 547. The predicted octanol–water partition coefficient (Wildman–Crippen LogP) is 2.54. The Kier molecular flexibility index (Phi) is 4.08. The Balaban J connectivity index is 2.31. The fourth-order valence-electron chi connectivity index (χ4n) is 2.18. The molecule has 0 N–H and O–H groups in total. The summed E-state index contributed by atoms with van der Waals surface area (Å²) in [6.45, 7) is 2.69. The fourth-order valence-corrected chi connectivity index (χ4v) is 4.45. The van der Waals surface area contributed by atoms with Crippen LogP contribution in [0.5, 0.6) is 0 Å². The molecule has 100 valence electrons. The molecule has 1 heterocycles. The van der Waals surface area contributed by atoms with Crippen LogP contribution in [0, 0.1) is 18.7 Å². The van der Waals surface area contributed by atoms with Gasteiger partial charge in [0, 0.05) is 18.4 Å². The summed E-state index contributed by atoms with van der Waals surface area (Å²) < 4.78 is 39.3. The Morgan fingerprint density at radius 1 is 1.50 bits per heavy atom. The van der Waals surface area contributed by atoms with Gasteiger partial charge in [-0.3, -0.25) is 0 Å². The van der Waals surface area contributed by atoms with Crippen LogP contribution >= 0.6 is 15.9 Å². The van der Waals surface area contributed by atoms with Gasteiger partial charge in [0.25, 0.3) is 0 Å². The van der Waals surface area contributed by atoms with E-state index in [0.717, 1.165) is 11.8 Å². The van der Waals surface area contributed by atoms with Gasteiger partial charge in [-0.25, -0.2) is 12.8 Å². The summed E-state index contributed by atoms with van der Waals surface area (Å²) >= 11 is 3.38. The van der Waals surface area contributed by atoms with E-state index < -0.39 is 15.8 Å². The van der Waals surface area contributed by atoms with Crippen molar-refractivity contribution in [2.75, 3.05) is 18.4 Å². The van der Waals surface area contributed by atoms with E-state index in [1.165, 1.54) is 22.5 Å². The quantitative estimate of drug-likeness (QED) is 0.796. The van der Waals surface area contributed by atoms with E-state index >= 15 is 0 Å². The molecule has 2 rings (SSSR count). The number of sulfonamides is 1. The van der Waals surface area contributed by atoms with Crippen molar-refractivity contribution in [3.8, 4) is 0 Å². The molecule has 1 aliphatic rings. The topological polar surface area (TPSA) is 37.4 Å². The predicted molar refractivity (Wildman–Crippen MR) is 71.8 cm³/mol. The SMILES string of the molecule is Cc1cc(F)ccc1S(=O)(=O)N1CCC(CBr)C1. The third-order valence-electron chi connectivity index (χ3n) is 3.22. The Labute approximate surface area is 115 Å². The zero-order valence-electron chi connectivity index (χ0n) is 10.1. The number of alkyl halides is 1. The van der Waals surface area contributed by atoms with Gasteiger partial charge in [0.15, 0.2) is 0 Å². The van der Waals surface area contributed by atoms with Crippen molar-refractivity contribution in [2.24, 2.45) is 5.92 Å². The average Bonchev–Trinajstić information content (AvgIpc) is 2.77. The lowest BCUT2D eigenvalue weighted by Gasteiger charge is -2.17. The summed E-state index contributed by atoms with van der Waals surface area (Å²) in [6, 6.07) is 3.80. The van der Waals surface area contributed by atoms with Gasteiger partial charge in [-0.15, -0.1) is 0 Å². The van der Waals surface area contributed by atoms with Crippen molar-refractivity contribution in [3.63, 3.8) is 0 Å². The molecule has 0 amide bonds. The fraction of sp³-hybridized carbons (Fsp3) is 0.500. The summed E-state index contributed by atoms with van der Waals surface area (Å²) in [5, 5.41) is 0.807. The van der Waals surface area contributed by atoms with Gasteiger partial charge in [0.1, 0.15) is 5.82 Å². The van der Waals surface area contributed by atoms with Gasteiger partial charge >= 0.3 is 0 Å². The largest absolute Gasteiger partial charge is 0.243 e. The molecule has 1 aromatic carbocycles. The van der Waals surface area contributed by atoms with Crippen molar-refractivity contribution in [3.05, 3.63) is 29.6 Å². The highest BCUT2D eigenvalue weighted by molar-refractivity contribution is 9.09. The minimum Gasteiger partial charge on any atom is -0.207 e. The molecule has 18 heavy (non-hydrogen) atoms. The minimum atomic E-state index is -3.48. The van der Waals surface area contributed by atoms with E-state index in [9.17, 15) is 12.8 Å². The molecule has 0 spiro atoms. The number of hydrogen-bond acceptors (Lipinski definition) is 2. The van der Waals surface area contributed by atoms with Crippen LogP contribution in [-0.4, -0.2) is 31.1 Å². The smallest absolute Gasteiger partial charge is 0.207 e. The molecule has 0 saturated carbocycles. The Hall–Kier alpha value is -0.460. The standard InChI is InChI=1S/C12H15BrFNO2S/c1-9-6-11(14)2-3-12(9)18(16,17)15-5-4-10(7-13)8-15/h2-3,6,10H,4-5,7-8H2,1H3. The highest BCUT2D eigenvalue weighted by Crippen LogP contribution is 2.27. The van der Waals surface area contributed by atoms with E-state index in [1.54, 1.807) is 6.92 Å². The lowest BCUT2D eigenvalue weighted by molar-refractivity contribution is 0.465. The molecule has 1 aliphatic heterocycles. The molecule has 1 fully saturated rings. The van der Waals surface area contributed by atoms with E-state index in [1.807, 2.05) is 0 Å². The number of nitrogens with zero attached hydrogens (tertiary/aromatic N) is 1. The van der Waals surface area contributed by atoms with Gasteiger partial charge in [-0.1, -0.05) is 15.9 Å². The molecule has 0 aromatic heterocycles. The highest BCUT2D eigenvalue weighted by atomic mass is 79.9. The third kappa shape index (κ3) is 2.60. The van der Waals surface area contributed by atoms with Gasteiger partial charge in [-0.05, 0) is 43.0 Å². The zero-order valence-corrected chi connectivity index (χ0v) is 12.5. The first-order valence-electron chi connectivity index (χ1n) is 5.77. The van der Waals surface area contributed by atoms with Gasteiger partial charge in [-0.2, -0.15) is 4.31 Å². The van der Waals surface area contributed by atoms with Crippen LogP contribution < -0.4 is 0 Å². The summed E-state index contributed by atoms with van der Waals surface area (Å²) in [7, 11) is -3.48. The summed E-state index contributed by atoms with van der Waals surface area (Å²) in [5.41, 5.74) is 0.456. The monoisotopic (exact) mass is 335 g/mol. The zero-order chi connectivity index (χ0) is 13.3. The van der Waals surface area contributed by atoms with Crippen LogP contribution in [0.3, 0.4) is 0 Å². The van der Waals surface area contributed by atoms with E-state index in [-0.39, 0.29) is 4.90 Å². The molecule has 1 saturated heterocycles. The summed E-state index contributed by atoms with van der Waals surface area (Å²) in [6.07, 6.45) is 0.866. The van der Waals surface area contributed by atoms with Crippen molar-refractivity contribution < 1.29 is 12.8 Å². The van der Waals surface area contributed by atoms with Crippen molar-refractivity contribution in [1.82, 2.24) is 4.31 Å². The van der Waals surface area contributed by atoms with Crippen LogP contribution in [0.4, 0.5) is 4.39 Å². The second kappa shape index (κ2) is 5.27. The molecule has 1 atom stereocenters. The molecule has 1 aromatic rings. The van der Waals surface area contributed by atoms with Crippen LogP contribution in [0.1, 0.15) is 12.0 Å². The third-order valence-corrected chi connectivity index (χ3v) is 6.16. The first-order valence-corrected chi connectivity index (χ1v) is 8.33. The first kappa shape index (κ1) is 14.0. The molecule has 1 unspecified atom stereocenters. The van der Waals surface area contributed by atoms with Crippen molar-refractivity contribution in [1.29, 1.82) is 0 Å². The second-order valence-corrected chi connectivity index (χ2v) is 7.14. The van der Waals surface area contributed by atoms with Crippen molar-refractivity contribution in [2.45, 2.75) is 18.2 Å². The van der Waals surface area contributed by atoms with E-state index in [4.69, 9.17) is 0 Å². The molecule has 0 aliphatic carbocycles. The average molecular weight is 336 g/mol. The molecule has 6 heteroatoms. The molecule has 3 nitrogen and oxygen atoms in total. The Morgan fingerprint density at radius 3 is 2.78 bits per heavy atom. The second-order valence-electron chi connectivity index (χ2n) is 4.58. The number of rotatable bonds is 3. The number of aryl methyl sites for hydroxylation is 1. The molecule has 0 radical (unpaired) electrons. The lowest BCUT2D eigenvalue weighted by atomic mass is 10.2. The maximum atomic E-state index is 13.0. The van der Waals surface area contributed by atoms with Crippen LogP contribution in [-0.2, 0) is 10.0 Å². The van der Waals surface area contributed by atoms with Gasteiger partial charge in [0.05, 0.1) is 4.90 Å². The Morgan fingerprint density at radius 2 is 2.22 bits per heavy atom. The van der Waals surface area contributed by atoms with Gasteiger partial charge in [0.2, 0.25) is 10.0 Å².